The van der Waals surface area contributed by atoms with Gasteiger partial charge in [-0.1, -0.05) is 20.8 Å². The number of Topliss-reactive ketones (excluding diaryl/α,β-unsaturated/α-hetero) is 2. The number of carbonyl (C=O) groups is 2. The average molecular weight is 208 g/mol. The molecule has 0 aromatic heterocycles. The second-order valence-electron chi connectivity index (χ2n) is 5.94. The molecule has 2 nitrogen and oxygen atoms in total. The zero-order chi connectivity index (χ0) is 11.3. The molecule has 15 heavy (non-hydrogen) atoms. The van der Waals surface area contributed by atoms with Gasteiger partial charge in [-0.3, -0.25) is 9.59 Å². The molecule has 2 saturated carbocycles. The molecule has 0 spiro atoms. The molecular weight excluding hydrogens is 188 g/mol. The first kappa shape index (κ1) is 10.8. The van der Waals surface area contributed by atoms with Crippen LogP contribution in [0, 0.1) is 16.7 Å². The van der Waals surface area contributed by atoms with Gasteiger partial charge in [-0.2, -0.15) is 0 Å². The van der Waals surface area contributed by atoms with Crippen molar-refractivity contribution in [3.8, 4) is 0 Å². The summed E-state index contributed by atoms with van der Waals surface area (Å²) < 4.78 is 0. The Labute approximate surface area is 91.4 Å². The van der Waals surface area contributed by atoms with Gasteiger partial charge in [-0.05, 0) is 24.2 Å². The highest BCUT2D eigenvalue weighted by atomic mass is 16.1. The molecular formula is C13H20O2. The normalized spacial score (nSPS) is 40.1. The molecule has 2 atom stereocenters. The minimum absolute atomic E-state index is 0.0518. The third-order valence-corrected chi connectivity index (χ3v) is 5.14. The Hall–Kier alpha value is -0.660. The molecule has 0 N–H and O–H groups in total. The van der Waals surface area contributed by atoms with Crippen LogP contribution < -0.4 is 0 Å². The van der Waals surface area contributed by atoms with Gasteiger partial charge in [0.05, 0.1) is 0 Å². The van der Waals surface area contributed by atoms with Gasteiger partial charge in [-0.15, -0.1) is 0 Å². The maximum absolute atomic E-state index is 12.0. The van der Waals surface area contributed by atoms with Gasteiger partial charge in [0.15, 0.2) is 0 Å². The summed E-state index contributed by atoms with van der Waals surface area (Å²) in [6.07, 6.45) is 3.86. The van der Waals surface area contributed by atoms with Crippen molar-refractivity contribution in [3.63, 3.8) is 0 Å². The number of hydrogen-bond acceptors (Lipinski definition) is 2. The lowest BCUT2D eigenvalue weighted by atomic mass is 9.49. The Morgan fingerprint density at radius 1 is 1.13 bits per heavy atom. The standard InChI is InChI=1S/C13H20O2/c1-12(2)11(15)5-4-9-8-10(14)6-7-13(9,12)3/h9H,4-8H2,1-3H3. The van der Waals surface area contributed by atoms with Gasteiger partial charge < -0.3 is 0 Å². The minimum atomic E-state index is -0.239. The maximum Gasteiger partial charge on any atom is 0.139 e. The van der Waals surface area contributed by atoms with E-state index in [0.29, 0.717) is 36.7 Å². The molecule has 0 heterocycles. The third-order valence-electron chi connectivity index (χ3n) is 5.14. The van der Waals surface area contributed by atoms with Crippen molar-refractivity contribution in [2.45, 2.75) is 52.9 Å². The van der Waals surface area contributed by atoms with E-state index >= 15 is 0 Å². The summed E-state index contributed by atoms with van der Waals surface area (Å²) >= 11 is 0. The second-order valence-corrected chi connectivity index (χ2v) is 5.94. The van der Waals surface area contributed by atoms with Crippen LogP contribution in [0.15, 0.2) is 0 Å². The fourth-order valence-electron chi connectivity index (χ4n) is 3.39. The van der Waals surface area contributed by atoms with Gasteiger partial charge in [0.1, 0.15) is 11.6 Å². The maximum atomic E-state index is 12.0. The van der Waals surface area contributed by atoms with Crippen LogP contribution in [0.1, 0.15) is 52.9 Å². The average Bonchev–Trinajstić information content (AvgIpc) is 2.17. The van der Waals surface area contributed by atoms with Gasteiger partial charge in [0.25, 0.3) is 0 Å². The lowest BCUT2D eigenvalue weighted by Crippen LogP contribution is -2.52. The van der Waals surface area contributed by atoms with E-state index in [2.05, 4.69) is 20.8 Å². The summed E-state index contributed by atoms with van der Waals surface area (Å²) in [6, 6.07) is 0. The Morgan fingerprint density at radius 2 is 1.80 bits per heavy atom. The molecule has 2 aliphatic carbocycles. The van der Waals surface area contributed by atoms with E-state index in [1.165, 1.54) is 0 Å². The first-order valence-corrected chi connectivity index (χ1v) is 5.93. The van der Waals surface area contributed by atoms with Crippen LogP contribution in [0.3, 0.4) is 0 Å². The SMILES string of the molecule is CC1(C)C(=O)CCC2CC(=O)CCC21C. The van der Waals surface area contributed by atoms with Gasteiger partial charge in [0, 0.05) is 24.7 Å². The predicted octanol–water partition coefficient (Wildman–Crippen LogP) is 2.75. The van der Waals surface area contributed by atoms with Crippen molar-refractivity contribution in [3.05, 3.63) is 0 Å². The number of ketones is 2. The van der Waals surface area contributed by atoms with Crippen LogP contribution in [0.4, 0.5) is 0 Å². The molecule has 0 bridgehead atoms. The van der Waals surface area contributed by atoms with Gasteiger partial charge in [-0.25, -0.2) is 0 Å². The summed E-state index contributed by atoms with van der Waals surface area (Å²) in [5.41, 5.74) is -0.188. The van der Waals surface area contributed by atoms with E-state index in [0.717, 1.165) is 12.8 Å². The van der Waals surface area contributed by atoms with E-state index in [9.17, 15) is 9.59 Å². The fourth-order valence-corrected chi connectivity index (χ4v) is 3.39. The highest BCUT2D eigenvalue weighted by molar-refractivity contribution is 5.87. The smallest absolute Gasteiger partial charge is 0.139 e. The minimum Gasteiger partial charge on any atom is -0.300 e. The van der Waals surface area contributed by atoms with Crippen LogP contribution >= 0.6 is 0 Å². The Balaban J connectivity index is 2.35. The highest BCUT2D eigenvalue weighted by Crippen LogP contribution is 2.57. The summed E-state index contributed by atoms with van der Waals surface area (Å²) in [5, 5.41) is 0. The van der Waals surface area contributed by atoms with Crippen molar-refractivity contribution in [1.82, 2.24) is 0 Å². The molecule has 2 fully saturated rings. The molecule has 0 amide bonds. The largest absolute Gasteiger partial charge is 0.300 e. The van der Waals surface area contributed by atoms with Crippen LogP contribution in [-0.4, -0.2) is 11.6 Å². The molecule has 0 radical (unpaired) electrons. The van der Waals surface area contributed by atoms with E-state index in [4.69, 9.17) is 0 Å². The molecule has 2 rings (SSSR count). The first-order valence-electron chi connectivity index (χ1n) is 5.93. The van der Waals surface area contributed by atoms with Crippen molar-refractivity contribution in [2.24, 2.45) is 16.7 Å². The van der Waals surface area contributed by atoms with Crippen LogP contribution in [0.25, 0.3) is 0 Å². The molecule has 84 valence electrons. The summed E-state index contributed by atoms with van der Waals surface area (Å²) in [6.45, 7) is 6.34. The van der Waals surface area contributed by atoms with Gasteiger partial charge in [0.2, 0.25) is 0 Å². The molecule has 2 heteroatoms. The summed E-state index contributed by atoms with van der Waals surface area (Å²) in [4.78, 5) is 23.4. The Kier molecular flexibility index (Phi) is 2.29. The number of hydrogen-bond donors (Lipinski definition) is 0. The third kappa shape index (κ3) is 1.37. The predicted molar refractivity (Wildman–Crippen MR) is 58.5 cm³/mol. The number of carbonyl (C=O) groups excluding carboxylic acids is 2. The van der Waals surface area contributed by atoms with E-state index in [1.807, 2.05) is 0 Å². The lowest BCUT2D eigenvalue weighted by Gasteiger charge is -2.54. The van der Waals surface area contributed by atoms with Crippen molar-refractivity contribution >= 4 is 11.6 Å². The molecule has 0 aromatic carbocycles. The fraction of sp³-hybridized carbons (Fsp3) is 0.846. The molecule has 2 aliphatic rings. The summed E-state index contributed by atoms with van der Waals surface area (Å²) in [5.74, 6) is 1.21. The number of rotatable bonds is 0. The number of fused-ring (bicyclic) bond motifs is 1. The second kappa shape index (κ2) is 3.16. The van der Waals surface area contributed by atoms with E-state index in [-0.39, 0.29) is 10.8 Å². The zero-order valence-corrected chi connectivity index (χ0v) is 9.93. The van der Waals surface area contributed by atoms with Crippen molar-refractivity contribution in [2.75, 3.05) is 0 Å². The Morgan fingerprint density at radius 3 is 2.47 bits per heavy atom. The quantitative estimate of drug-likeness (QED) is 0.613. The van der Waals surface area contributed by atoms with Crippen LogP contribution in [-0.2, 0) is 9.59 Å². The van der Waals surface area contributed by atoms with E-state index < -0.39 is 0 Å². The monoisotopic (exact) mass is 208 g/mol. The highest BCUT2D eigenvalue weighted by Gasteiger charge is 2.55. The van der Waals surface area contributed by atoms with Gasteiger partial charge >= 0.3 is 0 Å². The molecule has 0 aromatic rings. The zero-order valence-electron chi connectivity index (χ0n) is 9.93. The summed E-state index contributed by atoms with van der Waals surface area (Å²) in [7, 11) is 0. The van der Waals surface area contributed by atoms with Crippen molar-refractivity contribution < 1.29 is 9.59 Å². The van der Waals surface area contributed by atoms with E-state index in [1.54, 1.807) is 0 Å². The molecule has 2 unspecified atom stereocenters. The molecule has 0 aliphatic heterocycles. The lowest BCUT2D eigenvalue weighted by molar-refractivity contribution is -0.151. The van der Waals surface area contributed by atoms with Crippen LogP contribution in [0.2, 0.25) is 0 Å². The topological polar surface area (TPSA) is 34.1 Å². The molecule has 0 saturated heterocycles. The first-order chi connectivity index (χ1) is 6.88. The van der Waals surface area contributed by atoms with Crippen LogP contribution in [0.5, 0.6) is 0 Å². The Bertz CT molecular complexity index is 316. The van der Waals surface area contributed by atoms with Crippen molar-refractivity contribution in [1.29, 1.82) is 0 Å².